The number of aromatic hydroxyl groups is 1. The molecule has 3 rings (SSSR count). The maximum Gasteiger partial charge on any atom is 0.281 e. The van der Waals surface area contributed by atoms with Crippen LogP contribution in [0.25, 0.3) is 10.4 Å². The topological polar surface area (TPSA) is 94.0 Å². The molecule has 0 saturated heterocycles. The lowest BCUT2D eigenvalue weighted by Crippen LogP contribution is -2.26. The lowest BCUT2D eigenvalue weighted by atomic mass is 10.1. The summed E-state index contributed by atoms with van der Waals surface area (Å²) in [5.41, 5.74) is 4.14. The summed E-state index contributed by atoms with van der Waals surface area (Å²) in [6, 6.07) is 8.32. The van der Waals surface area contributed by atoms with Gasteiger partial charge in [-0.3, -0.25) is 9.59 Å². The first kappa shape index (κ1) is 26.2. The molecule has 3 aromatic rings. The lowest BCUT2D eigenvalue weighted by molar-refractivity contribution is 0.0951. The van der Waals surface area contributed by atoms with Gasteiger partial charge in [-0.15, -0.1) is 22.7 Å². The molecule has 0 spiro atoms. The largest absolute Gasteiger partial charge is 0.506 e. The summed E-state index contributed by atoms with van der Waals surface area (Å²) in [6.45, 7) is 3.13. The monoisotopic (exact) mass is 538 g/mol. The second-order valence-corrected chi connectivity index (χ2v) is 10.4. The maximum absolute atomic E-state index is 12.5. The van der Waals surface area contributed by atoms with Crippen molar-refractivity contribution in [3.05, 3.63) is 61.1 Å². The van der Waals surface area contributed by atoms with E-state index in [-0.39, 0.29) is 11.7 Å². The fourth-order valence-corrected chi connectivity index (χ4v) is 5.08. The van der Waals surface area contributed by atoms with Crippen LogP contribution in [0.3, 0.4) is 0 Å². The number of rotatable bonds is 9. The van der Waals surface area contributed by atoms with E-state index in [9.17, 15) is 14.7 Å². The van der Waals surface area contributed by atoms with Crippen LogP contribution < -0.4 is 10.7 Å². The van der Waals surface area contributed by atoms with E-state index >= 15 is 0 Å². The van der Waals surface area contributed by atoms with E-state index in [0.717, 1.165) is 29.9 Å². The van der Waals surface area contributed by atoms with Gasteiger partial charge in [-0.25, -0.2) is 5.43 Å². The SMILES string of the molecule is CC(=NNC(=O)c1ccc(C(=O)NCCCN(C)C)s1)c1csc(-c2ccc(Cl)c(Cl)c2)c1O. The number of carbonyl (C=O) groups is 2. The Labute approximate surface area is 216 Å². The zero-order valence-electron chi connectivity index (χ0n) is 18.8. The summed E-state index contributed by atoms with van der Waals surface area (Å²) in [5, 5.41) is 20.2. The van der Waals surface area contributed by atoms with Gasteiger partial charge in [-0.05, 0) is 63.8 Å². The molecule has 2 aromatic heterocycles. The fourth-order valence-electron chi connectivity index (χ4n) is 2.97. The third-order valence-electron chi connectivity index (χ3n) is 4.78. The second kappa shape index (κ2) is 11.8. The van der Waals surface area contributed by atoms with Gasteiger partial charge in [0.05, 0.1) is 36.0 Å². The van der Waals surface area contributed by atoms with E-state index in [4.69, 9.17) is 23.2 Å². The normalized spacial score (nSPS) is 11.6. The molecule has 0 aliphatic carbocycles. The van der Waals surface area contributed by atoms with Crippen molar-refractivity contribution in [1.29, 1.82) is 0 Å². The smallest absolute Gasteiger partial charge is 0.281 e. The summed E-state index contributed by atoms with van der Waals surface area (Å²) in [5.74, 6) is -0.598. The van der Waals surface area contributed by atoms with E-state index in [1.165, 1.54) is 11.3 Å². The molecule has 0 unspecified atom stereocenters. The zero-order valence-corrected chi connectivity index (χ0v) is 22.0. The van der Waals surface area contributed by atoms with E-state index in [1.807, 2.05) is 19.0 Å². The predicted molar refractivity (Wildman–Crippen MR) is 141 cm³/mol. The average Bonchev–Trinajstić information content (AvgIpc) is 3.44. The van der Waals surface area contributed by atoms with E-state index in [1.54, 1.807) is 42.6 Å². The first-order valence-electron chi connectivity index (χ1n) is 10.3. The molecule has 7 nitrogen and oxygen atoms in total. The summed E-state index contributed by atoms with van der Waals surface area (Å²) >= 11 is 14.5. The Morgan fingerprint density at radius 1 is 1.09 bits per heavy atom. The van der Waals surface area contributed by atoms with E-state index in [0.29, 0.717) is 42.5 Å². The number of nitrogens with one attached hydrogen (secondary N) is 2. The minimum atomic E-state index is -0.435. The average molecular weight is 540 g/mol. The molecule has 11 heteroatoms. The Kier molecular flexibility index (Phi) is 9.10. The van der Waals surface area contributed by atoms with Gasteiger partial charge >= 0.3 is 0 Å². The zero-order chi connectivity index (χ0) is 24.8. The number of hydrogen-bond acceptors (Lipinski definition) is 7. The first-order valence-corrected chi connectivity index (χ1v) is 12.8. The number of nitrogens with zero attached hydrogens (tertiary/aromatic N) is 2. The number of hydrazone groups is 1. The fraction of sp³-hybridized carbons (Fsp3) is 0.261. The van der Waals surface area contributed by atoms with Crippen molar-refractivity contribution in [3.63, 3.8) is 0 Å². The Morgan fingerprint density at radius 2 is 1.79 bits per heavy atom. The van der Waals surface area contributed by atoms with Crippen LogP contribution >= 0.6 is 45.9 Å². The van der Waals surface area contributed by atoms with Crippen molar-refractivity contribution in [2.24, 2.45) is 5.10 Å². The summed E-state index contributed by atoms with van der Waals surface area (Å²) in [6.07, 6.45) is 0.841. The number of hydrogen-bond donors (Lipinski definition) is 3. The van der Waals surface area contributed by atoms with Crippen LogP contribution in [-0.4, -0.2) is 54.7 Å². The standard InChI is InChI=1S/C23H24Cl2N4O3S2/c1-13(15-12-33-21(20(15)30)14-5-6-16(24)17(25)11-14)27-28-23(32)19-8-7-18(34-19)22(31)26-9-4-10-29(2)3/h5-8,11-12,30H,4,9-10H2,1-3H3,(H,26,31)(H,28,32). The van der Waals surface area contributed by atoms with Crippen molar-refractivity contribution in [3.8, 4) is 16.2 Å². The molecule has 3 N–H and O–H groups in total. The molecule has 34 heavy (non-hydrogen) atoms. The van der Waals surface area contributed by atoms with Crippen molar-refractivity contribution in [1.82, 2.24) is 15.6 Å². The molecule has 0 aliphatic rings. The van der Waals surface area contributed by atoms with Crippen molar-refractivity contribution < 1.29 is 14.7 Å². The highest BCUT2D eigenvalue weighted by atomic mass is 35.5. The Balaban J connectivity index is 1.63. The van der Waals surface area contributed by atoms with E-state index < -0.39 is 5.91 Å². The number of amides is 2. The van der Waals surface area contributed by atoms with E-state index in [2.05, 4.69) is 15.8 Å². The first-order chi connectivity index (χ1) is 16.2. The van der Waals surface area contributed by atoms with Crippen LogP contribution in [0.2, 0.25) is 10.0 Å². The quantitative estimate of drug-likeness (QED) is 0.195. The van der Waals surface area contributed by atoms with Crippen molar-refractivity contribution in [2.75, 3.05) is 27.2 Å². The van der Waals surface area contributed by atoms with Crippen LogP contribution in [0.5, 0.6) is 5.75 Å². The van der Waals surface area contributed by atoms with Crippen LogP contribution in [0, 0.1) is 0 Å². The second-order valence-electron chi connectivity index (χ2n) is 7.67. The maximum atomic E-state index is 12.5. The number of carbonyl (C=O) groups excluding carboxylic acids is 2. The van der Waals surface area contributed by atoms with Gasteiger partial charge in [0.15, 0.2) is 0 Å². The Hall–Kier alpha value is -2.43. The van der Waals surface area contributed by atoms with Crippen LogP contribution in [0.15, 0.2) is 40.8 Å². The molecule has 2 heterocycles. The van der Waals surface area contributed by atoms with Crippen molar-refractivity contribution in [2.45, 2.75) is 13.3 Å². The lowest BCUT2D eigenvalue weighted by Gasteiger charge is -2.09. The van der Waals surface area contributed by atoms with Gasteiger partial charge in [-0.2, -0.15) is 5.10 Å². The van der Waals surface area contributed by atoms with Gasteiger partial charge in [0.25, 0.3) is 11.8 Å². The molecule has 1 aromatic carbocycles. The van der Waals surface area contributed by atoms with Gasteiger partial charge < -0.3 is 15.3 Å². The molecule has 0 atom stereocenters. The highest BCUT2D eigenvalue weighted by Crippen LogP contribution is 2.40. The van der Waals surface area contributed by atoms with Gasteiger partial charge in [-0.1, -0.05) is 29.3 Å². The summed E-state index contributed by atoms with van der Waals surface area (Å²) < 4.78 is 0. The Bertz CT molecular complexity index is 1220. The third kappa shape index (κ3) is 6.58. The molecule has 0 fully saturated rings. The predicted octanol–water partition coefficient (Wildman–Crippen LogP) is 5.32. The minimum Gasteiger partial charge on any atom is -0.506 e. The Morgan fingerprint density at radius 3 is 2.47 bits per heavy atom. The minimum absolute atomic E-state index is 0.0447. The van der Waals surface area contributed by atoms with Crippen LogP contribution in [0.4, 0.5) is 0 Å². The van der Waals surface area contributed by atoms with Gasteiger partial charge in [0, 0.05) is 11.9 Å². The number of thiophene rings is 2. The summed E-state index contributed by atoms with van der Waals surface area (Å²) in [7, 11) is 3.95. The van der Waals surface area contributed by atoms with Crippen LogP contribution in [0.1, 0.15) is 38.3 Å². The molecule has 0 bridgehead atoms. The molecular weight excluding hydrogens is 515 g/mol. The molecule has 0 aliphatic heterocycles. The molecule has 0 saturated carbocycles. The third-order valence-corrected chi connectivity index (χ3v) is 7.62. The molecule has 0 radical (unpaired) electrons. The number of halogens is 2. The van der Waals surface area contributed by atoms with Gasteiger partial charge in [0.2, 0.25) is 0 Å². The number of benzene rings is 1. The highest BCUT2D eigenvalue weighted by molar-refractivity contribution is 7.16. The highest BCUT2D eigenvalue weighted by Gasteiger charge is 2.17. The molecular formula is C23H24Cl2N4O3S2. The molecule has 2 amide bonds. The van der Waals surface area contributed by atoms with Gasteiger partial charge in [0.1, 0.15) is 5.75 Å². The summed E-state index contributed by atoms with van der Waals surface area (Å²) in [4.78, 5) is 28.2. The van der Waals surface area contributed by atoms with Crippen LogP contribution in [-0.2, 0) is 0 Å². The molecule has 180 valence electrons. The van der Waals surface area contributed by atoms with Crippen molar-refractivity contribution >= 4 is 63.4 Å².